The van der Waals surface area contributed by atoms with Crippen LogP contribution in [0.15, 0.2) is 60.9 Å². The van der Waals surface area contributed by atoms with Crippen LogP contribution in [0.1, 0.15) is 34.3 Å². The second-order valence-electron chi connectivity index (χ2n) is 8.35. The van der Waals surface area contributed by atoms with Crippen molar-refractivity contribution in [1.29, 1.82) is 0 Å². The van der Waals surface area contributed by atoms with Crippen molar-refractivity contribution >= 4 is 17.5 Å². The number of nitrogens with zero attached hydrogens (tertiary/aromatic N) is 2. The van der Waals surface area contributed by atoms with Gasteiger partial charge in [-0.2, -0.15) is 0 Å². The molecule has 2 aliphatic rings. The second kappa shape index (κ2) is 8.09. The van der Waals surface area contributed by atoms with E-state index in [0.717, 1.165) is 16.7 Å². The van der Waals surface area contributed by atoms with Gasteiger partial charge in [-0.15, -0.1) is 0 Å². The number of aromatic nitrogens is 1. The van der Waals surface area contributed by atoms with Gasteiger partial charge in [0, 0.05) is 35.4 Å². The van der Waals surface area contributed by atoms with E-state index in [1.807, 2.05) is 30.0 Å². The number of amides is 1. The van der Waals surface area contributed by atoms with Gasteiger partial charge in [-0.3, -0.25) is 9.78 Å². The van der Waals surface area contributed by atoms with Crippen LogP contribution in [-0.4, -0.2) is 32.0 Å². The van der Waals surface area contributed by atoms with E-state index in [1.54, 1.807) is 42.7 Å². The Hall–Kier alpha value is -3.13. The second-order valence-corrected chi connectivity index (χ2v) is 8.76. The van der Waals surface area contributed by atoms with Crippen molar-refractivity contribution in [2.75, 3.05) is 0 Å². The van der Waals surface area contributed by atoms with Gasteiger partial charge < -0.3 is 15.1 Å². The molecule has 2 aliphatic heterocycles. The fourth-order valence-electron chi connectivity index (χ4n) is 4.87. The molecule has 164 valence electrons. The molecule has 2 fully saturated rings. The molecule has 0 saturated carbocycles. The van der Waals surface area contributed by atoms with Crippen LogP contribution in [0.25, 0.3) is 0 Å². The molecule has 2 aromatic carbocycles. The molecule has 1 aromatic heterocycles. The molecule has 4 N–H and O–H groups in total. The van der Waals surface area contributed by atoms with Gasteiger partial charge in [0.25, 0.3) is 0 Å². The number of phenols is 2. The highest BCUT2D eigenvalue weighted by Gasteiger charge is 2.55. The minimum Gasteiger partial charge on any atom is -0.508 e. The number of hydrogen-bond acceptors (Lipinski definition) is 6. The predicted molar refractivity (Wildman–Crippen MR) is 120 cm³/mol. The summed E-state index contributed by atoms with van der Waals surface area (Å²) in [6.07, 6.45) is 3.44. The summed E-state index contributed by atoms with van der Waals surface area (Å²) in [5.74, 6) is -0.0402. The molecular formula is C24H23ClN4O3. The monoisotopic (exact) mass is 450 g/mol. The Bertz CT molecular complexity index is 1170. The quantitative estimate of drug-likeness (QED) is 0.486. The highest BCUT2D eigenvalue weighted by molar-refractivity contribution is 6.31. The van der Waals surface area contributed by atoms with Crippen LogP contribution in [0.3, 0.4) is 0 Å². The number of rotatable bonds is 4. The average Bonchev–Trinajstić information content (AvgIpc) is 3.31. The van der Waals surface area contributed by atoms with Crippen molar-refractivity contribution in [3.8, 4) is 11.5 Å². The van der Waals surface area contributed by atoms with Crippen LogP contribution in [0.4, 0.5) is 0 Å². The zero-order chi connectivity index (χ0) is 22.4. The van der Waals surface area contributed by atoms with E-state index in [1.165, 1.54) is 0 Å². The summed E-state index contributed by atoms with van der Waals surface area (Å²) in [5, 5.41) is 21.4. The fourth-order valence-corrected chi connectivity index (χ4v) is 5.04. The molecule has 3 aromatic rings. The van der Waals surface area contributed by atoms with E-state index in [0.29, 0.717) is 17.1 Å². The van der Waals surface area contributed by atoms with E-state index in [4.69, 9.17) is 11.6 Å². The number of aromatic hydroxyl groups is 2. The van der Waals surface area contributed by atoms with Crippen molar-refractivity contribution in [3.05, 3.63) is 88.2 Å². The normalized spacial score (nSPS) is 24.7. The number of likely N-dealkylation sites (tertiary alicyclic amines) is 1. The first kappa shape index (κ1) is 20.8. The smallest absolute Gasteiger partial charge is 0.242 e. The molecule has 0 radical (unpaired) electrons. The summed E-state index contributed by atoms with van der Waals surface area (Å²) in [4.78, 5) is 19.5. The van der Waals surface area contributed by atoms with E-state index in [2.05, 4.69) is 15.8 Å². The Morgan fingerprint density at radius 2 is 1.91 bits per heavy atom. The lowest BCUT2D eigenvalue weighted by atomic mass is 9.83. The summed E-state index contributed by atoms with van der Waals surface area (Å²) in [6.45, 7) is 2.22. The Kier molecular flexibility index (Phi) is 5.25. The number of hydrazine groups is 1. The summed E-state index contributed by atoms with van der Waals surface area (Å²) in [7, 11) is 0. The molecule has 0 bridgehead atoms. The van der Waals surface area contributed by atoms with Gasteiger partial charge in [0.1, 0.15) is 17.5 Å². The number of fused-ring (bicyclic) bond motifs is 1. The van der Waals surface area contributed by atoms with Gasteiger partial charge in [0.15, 0.2) is 0 Å². The number of benzene rings is 2. The highest BCUT2D eigenvalue weighted by atomic mass is 35.5. The standard InChI is InChI=1S/C24H23ClN4O3/c1-13-8-19(31)17(10-18(13)25)21-20-22(28-27-21)24(32)29(12-14-4-3-7-26-11-14)23(20)15-5-2-6-16(30)9-15/h2-11,20-23,27-28,30-31H,12H2,1H3. The predicted octanol–water partition coefficient (Wildman–Crippen LogP) is 3.37. The zero-order valence-electron chi connectivity index (χ0n) is 17.4. The van der Waals surface area contributed by atoms with Crippen molar-refractivity contribution in [2.45, 2.75) is 31.6 Å². The first-order chi connectivity index (χ1) is 15.4. The Labute approximate surface area is 190 Å². The number of pyridine rings is 1. The first-order valence-electron chi connectivity index (χ1n) is 10.4. The van der Waals surface area contributed by atoms with Gasteiger partial charge in [-0.25, -0.2) is 10.9 Å². The van der Waals surface area contributed by atoms with E-state index < -0.39 is 6.04 Å². The number of phenolic OH excluding ortho intramolecular Hbond substituents is 2. The van der Waals surface area contributed by atoms with E-state index >= 15 is 0 Å². The van der Waals surface area contributed by atoms with Crippen molar-refractivity contribution in [3.63, 3.8) is 0 Å². The Morgan fingerprint density at radius 3 is 2.66 bits per heavy atom. The average molecular weight is 451 g/mol. The lowest BCUT2D eigenvalue weighted by molar-refractivity contribution is -0.131. The molecule has 1 amide bonds. The minimum absolute atomic E-state index is 0.0557. The number of carbonyl (C=O) groups is 1. The SMILES string of the molecule is Cc1cc(O)c(C2NNC3C(=O)N(Cc4cccnc4)C(c4cccc(O)c4)C32)cc1Cl. The number of nitrogens with one attached hydrogen (secondary N) is 2. The molecule has 8 heteroatoms. The van der Waals surface area contributed by atoms with Gasteiger partial charge in [0.2, 0.25) is 5.91 Å². The third-order valence-electron chi connectivity index (χ3n) is 6.34. The van der Waals surface area contributed by atoms with Crippen LogP contribution in [-0.2, 0) is 11.3 Å². The van der Waals surface area contributed by atoms with Crippen LogP contribution in [0, 0.1) is 12.8 Å². The van der Waals surface area contributed by atoms with Crippen molar-refractivity contribution in [2.24, 2.45) is 5.92 Å². The maximum Gasteiger partial charge on any atom is 0.242 e. The molecule has 3 heterocycles. The topological polar surface area (TPSA) is 97.7 Å². The molecule has 7 nitrogen and oxygen atoms in total. The summed E-state index contributed by atoms with van der Waals surface area (Å²) < 4.78 is 0. The van der Waals surface area contributed by atoms with Crippen LogP contribution < -0.4 is 10.9 Å². The minimum atomic E-state index is -0.497. The number of hydrogen-bond donors (Lipinski definition) is 4. The fraction of sp³-hybridized carbons (Fsp3) is 0.250. The third kappa shape index (κ3) is 3.48. The molecular weight excluding hydrogens is 428 g/mol. The summed E-state index contributed by atoms with van der Waals surface area (Å²) in [5.41, 5.74) is 9.48. The Balaban J connectivity index is 1.60. The maximum absolute atomic E-state index is 13.5. The molecule has 4 atom stereocenters. The van der Waals surface area contributed by atoms with E-state index in [9.17, 15) is 15.0 Å². The number of aryl methyl sites for hydroxylation is 1. The molecule has 0 spiro atoms. The van der Waals surface area contributed by atoms with Crippen LogP contribution in [0.2, 0.25) is 5.02 Å². The van der Waals surface area contributed by atoms with Crippen LogP contribution >= 0.6 is 11.6 Å². The molecule has 5 rings (SSSR count). The lowest BCUT2D eigenvalue weighted by Gasteiger charge is -2.31. The number of carbonyl (C=O) groups excluding carboxylic acids is 1. The van der Waals surface area contributed by atoms with E-state index in [-0.39, 0.29) is 35.4 Å². The van der Waals surface area contributed by atoms with Crippen LogP contribution in [0.5, 0.6) is 11.5 Å². The van der Waals surface area contributed by atoms with Gasteiger partial charge >= 0.3 is 0 Å². The largest absolute Gasteiger partial charge is 0.508 e. The van der Waals surface area contributed by atoms with Gasteiger partial charge in [-0.1, -0.05) is 29.8 Å². The molecule has 0 aliphatic carbocycles. The summed E-state index contributed by atoms with van der Waals surface area (Å²) in [6, 6.07) is 12.9. The molecule has 2 saturated heterocycles. The Morgan fingerprint density at radius 1 is 1.09 bits per heavy atom. The first-order valence-corrected chi connectivity index (χ1v) is 10.8. The number of halogens is 1. The van der Waals surface area contributed by atoms with Crippen molar-refractivity contribution in [1.82, 2.24) is 20.7 Å². The highest BCUT2D eigenvalue weighted by Crippen LogP contribution is 2.49. The maximum atomic E-state index is 13.5. The zero-order valence-corrected chi connectivity index (χ0v) is 18.1. The molecule has 32 heavy (non-hydrogen) atoms. The lowest BCUT2D eigenvalue weighted by Crippen LogP contribution is -2.41. The van der Waals surface area contributed by atoms with Gasteiger partial charge in [0.05, 0.1) is 12.1 Å². The summed E-state index contributed by atoms with van der Waals surface area (Å²) >= 11 is 6.37. The molecule has 4 unspecified atom stereocenters. The third-order valence-corrected chi connectivity index (χ3v) is 6.75. The van der Waals surface area contributed by atoms with Crippen molar-refractivity contribution < 1.29 is 15.0 Å². The van der Waals surface area contributed by atoms with Gasteiger partial charge in [-0.05, 0) is 53.9 Å².